The van der Waals surface area contributed by atoms with Gasteiger partial charge in [0.25, 0.3) is 5.97 Å². The van der Waals surface area contributed by atoms with Crippen LogP contribution >= 0.6 is 0 Å². The van der Waals surface area contributed by atoms with E-state index in [9.17, 15) is 0 Å². The van der Waals surface area contributed by atoms with E-state index in [-0.39, 0.29) is 19.8 Å². The van der Waals surface area contributed by atoms with Crippen molar-refractivity contribution in [1.82, 2.24) is 0 Å². The zero-order valence-electron chi connectivity index (χ0n) is 6.82. The highest BCUT2D eigenvalue weighted by molar-refractivity contribution is 5.62. The summed E-state index contributed by atoms with van der Waals surface area (Å²) in [4.78, 5) is 9.00. The number of carboxylic acid groups (broad SMARTS) is 1. The summed E-state index contributed by atoms with van der Waals surface area (Å²) in [6.45, 7) is 2.76. The highest BCUT2D eigenvalue weighted by Gasteiger charge is 1.65. The molecule has 0 spiro atoms. The molecule has 5 heteroatoms. The monoisotopic (exact) mass is 168 g/mol. The van der Waals surface area contributed by atoms with Crippen LogP contribution in [0.25, 0.3) is 0 Å². The smallest absolute Gasteiger partial charge is 0.300 e. The second-order valence-electron chi connectivity index (χ2n) is 1.28. The summed E-state index contributed by atoms with van der Waals surface area (Å²) in [7, 11) is 0. The minimum atomic E-state index is -0.833. The van der Waals surface area contributed by atoms with Crippen molar-refractivity contribution in [3.05, 3.63) is 0 Å². The van der Waals surface area contributed by atoms with Crippen LogP contribution in [0.15, 0.2) is 0 Å². The van der Waals surface area contributed by atoms with Gasteiger partial charge in [0.1, 0.15) is 0 Å². The molecule has 0 radical (unpaired) electrons. The third-order valence-electron chi connectivity index (χ3n) is 0.1000. The van der Waals surface area contributed by atoms with Gasteiger partial charge >= 0.3 is 0 Å². The lowest BCUT2D eigenvalue weighted by Gasteiger charge is -1.70. The second-order valence-corrected chi connectivity index (χ2v) is 1.28. The van der Waals surface area contributed by atoms with Crippen LogP contribution in [0.4, 0.5) is 0 Å². The van der Waals surface area contributed by atoms with Crippen molar-refractivity contribution in [3.63, 3.8) is 0 Å². The zero-order valence-corrected chi connectivity index (χ0v) is 6.82. The molecule has 0 aromatic heterocycles. The van der Waals surface area contributed by atoms with E-state index in [2.05, 4.69) is 0 Å². The Kier molecular flexibility index (Phi) is 34.7. The van der Waals surface area contributed by atoms with E-state index in [1.165, 1.54) is 0 Å². The second kappa shape index (κ2) is 22.8. The quantitative estimate of drug-likeness (QED) is 0.405. The molecule has 5 nitrogen and oxygen atoms in total. The Bertz CT molecular complexity index is 58.0. The summed E-state index contributed by atoms with van der Waals surface area (Å²) in [5.41, 5.74) is 0. The molecule has 0 saturated carbocycles. The fourth-order valence-electron chi connectivity index (χ4n) is 0. The molecule has 0 bridgehead atoms. The van der Waals surface area contributed by atoms with Gasteiger partial charge in [0.2, 0.25) is 0 Å². The molecule has 0 rings (SSSR count). The standard InChI is InChI=1S/C2H4O2.C2H6O2.C2H6O/c1-2(3)4;3-1-2-4;1-2-3/h1H3,(H,3,4);3-4H,1-2H2;3H,2H2,1H3. The van der Waals surface area contributed by atoms with Crippen molar-refractivity contribution in [3.8, 4) is 0 Å². The predicted molar refractivity (Wildman–Crippen MR) is 40.2 cm³/mol. The van der Waals surface area contributed by atoms with Gasteiger partial charge in [0.05, 0.1) is 13.2 Å². The number of carboxylic acids is 1. The normalized spacial score (nSPS) is 6.64. The SMILES string of the molecule is CC(=O)O.CCO.OCCO. The predicted octanol–water partition coefficient (Wildman–Crippen LogP) is -0.940. The molecule has 0 aliphatic heterocycles. The first-order valence-electron chi connectivity index (χ1n) is 3.08. The lowest BCUT2D eigenvalue weighted by molar-refractivity contribution is -0.134. The molecule has 4 N–H and O–H groups in total. The molecule has 0 saturated heterocycles. The first-order valence-corrected chi connectivity index (χ1v) is 3.08. The molecule has 0 aliphatic carbocycles. The minimum Gasteiger partial charge on any atom is -0.481 e. The van der Waals surface area contributed by atoms with Crippen molar-refractivity contribution in [2.24, 2.45) is 0 Å². The number of hydrogen-bond acceptors (Lipinski definition) is 4. The van der Waals surface area contributed by atoms with Crippen LogP contribution in [-0.2, 0) is 4.79 Å². The molecule has 0 fully saturated rings. The number of carbonyl (C=O) groups is 1. The number of aliphatic carboxylic acids is 1. The molecule has 0 aliphatic rings. The highest BCUT2D eigenvalue weighted by Crippen LogP contribution is 1.42. The van der Waals surface area contributed by atoms with Gasteiger partial charge in [-0.1, -0.05) is 0 Å². The maximum absolute atomic E-state index is 9.00. The van der Waals surface area contributed by atoms with Gasteiger partial charge in [-0.05, 0) is 6.92 Å². The number of rotatable bonds is 1. The van der Waals surface area contributed by atoms with Crippen molar-refractivity contribution < 1.29 is 25.2 Å². The highest BCUT2D eigenvalue weighted by atomic mass is 16.4. The van der Waals surface area contributed by atoms with Crippen LogP contribution < -0.4 is 0 Å². The Balaban J connectivity index is -0.0000000886. The summed E-state index contributed by atoms with van der Waals surface area (Å²) in [6, 6.07) is 0. The summed E-state index contributed by atoms with van der Waals surface area (Å²) in [5.74, 6) is -0.833. The number of aliphatic hydroxyl groups is 3. The lowest BCUT2D eigenvalue weighted by atomic mass is 10.8. The van der Waals surface area contributed by atoms with Crippen LogP contribution in [0.3, 0.4) is 0 Å². The van der Waals surface area contributed by atoms with E-state index >= 15 is 0 Å². The summed E-state index contributed by atoms with van der Waals surface area (Å²) >= 11 is 0. The molecule has 0 aromatic carbocycles. The Morgan fingerprint density at radius 2 is 1.27 bits per heavy atom. The van der Waals surface area contributed by atoms with E-state index < -0.39 is 5.97 Å². The van der Waals surface area contributed by atoms with Crippen molar-refractivity contribution >= 4 is 5.97 Å². The third kappa shape index (κ3) is 4120. The van der Waals surface area contributed by atoms with Crippen LogP contribution in [0, 0.1) is 0 Å². The van der Waals surface area contributed by atoms with Gasteiger partial charge in [0.15, 0.2) is 0 Å². The maximum atomic E-state index is 9.00. The van der Waals surface area contributed by atoms with Crippen LogP contribution in [0.1, 0.15) is 13.8 Å². The van der Waals surface area contributed by atoms with Crippen molar-refractivity contribution in [2.45, 2.75) is 13.8 Å². The van der Waals surface area contributed by atoms with Gasteiger partial charge in [-0.15, -0.1) is 0 Å². The fraction of sp³-hybridized carbons (Fsp3) is 0.833. The van der Waals surface area contributed by atoms with Gasteiger partial charge in [0, 0.05) is 13.5 Å². The van der Waals surface area contributed by atoms with E-state index in [1.54, 1.807) is 6.92 Å². The Labute approximate surface area is 65.9 Å². The van der Waals surface area contributed by atoms with E-state index in [4.69, 9.17) is 25.2 Å². The number of hydrogen-bond donors (Lipinski definition) is 4. The fourth-order valence-corrected chi connectivity index (χ4v) is 0. The maximum Gasteiger partial charge on any atom is 0.300 e. The zero-order chi connectivity index (χ0) is 9.70. The summed E-state index contributed by atoms with van der Waals surface area (Å²) < 4.78 is 0. The van der Waals surface area contributed by atoms with Gasteiger partial charge in [-0.3, -0.25) is 4.79 Å². The van der Waals surface area contributed by atoms with Gasteiger partial charge < -0.3 is 20.4 Å². The van der Waals surface area contributed by atoms with Crippen LogP contribution in [0.5, 0.6) is 0 Å². The molecule has 70 valence electrons. The van der Waals surface area contributed by atoms with Gasteiger partial charge in [-0.2, -0.15) is 0 Å². The average Bonchev–Trinajstić information content (AvgIpc) is 1.88. The first-order chi connectivity index (χ1) is 5.06. The summed E-state index contributed by atoms with van der Waals surface area (Å²) in [6.07, 6.45) is 0. The summed E-state index contributed by atoms with van der Waals surface area (Å²) in [5, 5.41) is 30.2. The average molecular weight is 168 g/mol. The topological polar surface area (TPSA) is 98.0 Å². The molecule has 0 unspecified atom stereocenters. The third-order valence-corrected chi connectivity index (χ3v) is 0.1000. The minimum absolute atomic E-state index is 0.125. The molecular weight excluding hydrogens is 152 g/mol. The Hall–Kier alpha value is -0.650. The molecule has 0 atom stereocenters. The molecule has 0 aromatic rings. The largest absolute Gasteiger partial charge is 0.481 e. The van der Waals surface area contributed by atoms with Gasteiger partial charge in [-0.25, -0.2) is 0 Å². The Morgan fingerprint density at radius 1 is 1.18 bits per heavy atom. The molecular formula is C6H16O5. The number of aliphatic hydroxyl groups excluding tert-OH is 3. The molecule has 11 heavy (non-hydrogen) atoms. The first kappa shape index (κ1) is 16.7. The molecule has 0 heterocycles. The van der Waals surface area contributed by atoms with Crippen LogP contribution in [0.2, 0.25) is 0 Å². The van der Waals surface area contributed by atoms with E-state index in [1.807, 2.05) is 0 Å². The van der Waals surface area contributed by atoms with Crippen LogP contribution in [-0.4, -0.2) is 46.2 Å². The van der Waals surface area contributed by atoms with Crippen molar-refractivity contribution in [2.75, 3.05) is 19.8 Å². The van der Waals surface area contributed by atoms with Crippen molar-refractivity contribution in [1.29, 1.82) is 0 Å². The molecule has 0 amide bonds. The van der Waals surface area contributed by atoms with E-state index in [0.717, 1.165) is 6.92 Å². The Morgan fingerprint density at radius 3 is 1.27 bits per heavy atom. The van der Waals surface area contributed by atoms with E-state index in [0.29, 0.717) is 0 Å². The lowest BCUT2D eigenvalue weighted by Crippen LogP contribution is -1.85.